The van der Waals surface area contributed by atoms with E-state index in [1.54, 1.807) is 12.1 Å². The molecule has 0 spiro atoms. The number of ether oxygens (including phenoxy) is 1. The van der Waals surface area contributed by atoms with Crippen LogP contribution in [0.1, 0.15) is 24.0 Å². The molecule has 1 fully saturated rings. The molecule has 0 aromatic heterocycles. The van der Waals surface area contributed by atoms with Crippen LogP contribution in [-0.2, 0) is 16.6 Å². The third kappa shape index (κ3) is 6.35. The average Bonchev–Trinajstić information content (AvgIpc) is 2.81. The summed E-state index contributed by atoms with van der Waals surface area (Å²) >= 11 is 0. The lowest BCUT2D eigenvalue weighted by Gasteiger charge is -2.39. The number of nitrogens with zero attached hydrogens (tertiary/aromatic N) is 2. The second kappa shape index (κ2) is 10.3. The van der Waals surface area contributed by atoms with Crippen molar-refractivity contribution < 1.29 is 26.3 Å². The van der Waals surface area contributed by atoms with E-state index in [1.807, 2.05) is 37.3 Å². The van der Waals surface area contributed by atoms with Gasteiger partial charge in [-0.05, 0) is 61.7 Å². The van der Waals surface area contributed by atoms with Gasteiger partial charge in [-0.2, -0.15) is 0 Å². The zero-order valence-electron chi connectivity index (χ0n) is 19.3. The summed E-state index contributed by atoms with van der Waals surface area (Å²) in [5.74, 6) is -0.465. The van der Waals surface area contributed by atoms with Crippen LogP contribution in [0.3, 0.4) is 0 Å². The zero-order chi connectivity index (χ0) is 25.1. The van der Waals surface area contributed by atoms with Gasteiger partial charge in [-0.1, -0.05) is 48.0 Å². The van der Waals surface area contributed by atoms with E-state index in [4.69, 9.17) is 0 Å². The highest BCUT2D eigenvalue weighted by molar-refractivity contribution is 7.92. The van der Waals surface area contributed by atoms with Crippen molar-refractivity contribution >= 4 is 15.7 Å². The largest absolute Gasteiger partial charge is 0.573 e. The number of halogens is 3. The van der Waals surface area contributed by atoms with Gasteiger partial charge in [0.25, 0.3) is 10.0 Å². The Morgan fingerprint density at radius 2 is 1.51 bits per heavy atom. The van der Waals surface area contributed by atoms with Crippen LogP contribution in [0.4, 0.5) is 18.9 Å². The van der Waals surface area contributed by atoms with Crippen molar-refractivity contribution in [3.8, 4) is 5.75 Å². The Bertz CT molecular complexity index is 1210. The van der Waals surface area contributed by atoms with Gasteiger partial charge in [0.1, 0.15) is 5.75 Å². The summed E-state index contributed by atoms with van der Waals surface area (Å²) in [6.07, 6.45) is -3.58. The van der Waals surface area contributed by atoms with Crippen molar-refractivity contribution in [3.05, 3.63) is 90.0 Å². The van der Waals surface area contributed by atoms with Gasteiger partial charge in [-0.3, -0.25) is 9.21 Å². The van der Waals surface area contributed by atoms with Crippen molar-refractivity contribution in [1.29, 1.82) is 0 Å². The molecule has 0 bridgehead atoms. The number of rotatable bonds is 7. The van der Waals surface area contributed by atoms with Gasteiger partial charge in [0, 0.05) is 25.7 Å². The van der Waals surface area contributed by atoms with Gasteiger partial charge >= 0.3 is 6.36 Å². The summed E-state index contributed by atoms with van der Waals surface area (Å²) in [5.41, 5.74) is 2.74. The molecule has 1 saturated heterocycles. The SMILES string of the molecule is Cc1ccc(N(C2CCN(Cc3ccccc3)CC2)S(=O)(=O)c2ccc(OC(F)(F)F)cc2)cc1. The van der Waals surface area contributed by atoms with Gasteiger partial charge in [-0.15, -0.1) is 13.2 Å². The summed E-state index contributed by atoms with van der Waals surface area (Å²) in [6, 6.07) is 21.4. The highest BCUT2D eigenvalue weighted by Gasteiger charge is 2.35. The zero-order valence-corrected chi connectivity index (χ0v) is 20.1. The molecule has 3 aromatic carbocycles. The Morgan fingerprint density at radius 3 is 2.09 bits per heavy atom. The van der Waals surface area contributed by atoms with Crippen LogP contribution < -0.4 is 9.04 Å². The quantitative estimate of drug-likeness (QED) is 0.411. The second-order valence-corrected chi connectivity index (χ2v) is 10.5. The van der Waals surface area contributed by atoms with Gasteiger partial charge in [-0.25, -0.2) is 8.42 Å². The molecule has 0 amide bonds. The predicted molar refractivity (Wildman–Crippen MR) is 129 cm³/mol. The Hall–Kier alpha value is -3.04. The lowest BCUT2D eigenvalue weighted by Crippen LogP contribution is -2.47. The summed E-state index contributed by atoms with van der Waals surface area (Å²) in [7, 11) is -4.03. The van der Waals surface area contributed by atoms with Crippen molar-refractivity contribution in [2.75, 3.05) is 17.4 Å². The third-order valence-corrected chi connectivity index (χ3v) is 7.94. The fourth-order valence-corrected chi connectivity index (χ4v) is 6.03. The number of sulfonamides is 1. The van der Waals surface area contributed by atoms with Crippen molar-refractivity contribution in [3.63, 3.8) is 0 Å². The maximum absolute atomic E-state index is 13.7. The molecule has 1 aliphatic heterocycles. The molecule has 0 aliphatic carbocycles. The number of aryl methyl sites for hydroxylation is 1. The lowest BCUT2D eigenvalue weighted by atomic mass is 10.0. The normalized spacial score (nSPS) is 15.7. The smallest absolute Gasteiger partial charge is 0.406 e. The molecule has 0 saturated carbocycles. The van der Waals surface area contributed by atoms with Gasteiger partial charge in [0.05, 0.1) is 10.6 Å². The van der Waals surface area contributed by atoms with E-state index in [-0.39, 0.29) is 10.9 Å². The number of alkyl halides is 3. The number of benzene rings is 3. The van der Waals surface area contributed by atoms with E-state index in [0.29, 0.717) is 18.5 Å². The minimum atomic E-state index is -4.85. The van der Waals surface area contributed by atoms with Gasteiger partial charge < -0.3 is 4.74 Å². The number of anilines is 1. The molecule has 0 N–H and O–H groups in total. The number of hydrogen-bond acceptors (Lipinski definition) is 4. The van der Waals surface area contributed by atoms with E-state index >= 15 is 0 Å². The number of piperidine rings is 1. The first-order chi connectivity index (χ1) is 16.6. The number of hydrogen-bond donors (Lipinski definition) is 0. The molecule has 1 heterocycles. The molecule has 186 valence electrons. The first-order valence-corrected chi connectivity index (χ1v) is 12.8. The fourth-order valence-electron chi connectivity index (χ4n) is 4.32. The first-order valence-electron chi connectivity index (χ1n) is 11.3. The van der Waals surface area contributed by atoms with E-state index in [1.165, 1.54) is 9.87 Å². The third-order valence-electron chi connectivity index (χ3n) is 6.04. The molecule has 0 atom stereocenters. The molecule has 3 aromatic rings. The molecule has 5 nitrogen and oxygen atoms in total. The first kappa shape index (κ1) is 25.1. The number of likely N-dealkylation sites (tertiary alicyclic amines) is 1. The average molecular weight is 505 g/mol. The lowest BCUT2D eigenvalue weighted by molar-refractivity contribution is -0.274. The minimum Gasteiger partial charge on any atom is -0.406 e. The highest BCUT2D eigenvalue weighted by Crippen LogP contribution is 2.32. The predicted octanol–water partition coefficient (Wildman–Crippen LogP) is 5.75. The summed E-state index contributed by atoms with van der Waals surface area (Å²) in [6.45, 7) is 4.18. The second-order valence-electron chi connectivity index (χ2n) is 8.65. The maximum Gasteiger partial charge on any atom is 0.573 e. The van der Waals surface area contributed by atoms with Crippen LogP contribution in [0.25, 0.3) is 0 Å². The molecule has 9 heteroatoms. The Morgan fingerprint density at radius 1 is 0.914 bits per heavy atom. The fraction of sp³-hybridized carbons (Fsp3) is 0.308. The summed E-state index contributed by atoms with van der Waals surface area (Å²) in [5, 5.41) is 0. The van der Waals surface area contributed by atoms with Gasteiger partial charge in [0.15, 0.2) is 0 Å². The standard InChI is InChI=1S/C26H27F3N2O3S/c1-20-7-9-22(10-8-20)31(23-15-17-30(18-16-23)19-21-5-3-2-4-6-21)35(32,33)25-13-11-24(12-14-25)34-26(27,28)29/h2-14,23H,15-19H2,1H3. The van der Waals surface area contributed by atoms with Crippen molar-refractivity contribution in [1.82, 2.24) is 4.90 Å². The Balaban J connectivity index is 1.57. The summed E-state index contributed by atoms with van der Waals surface area (Å²) < 4.78 is 70.3. The molecule has 4 rings (SSSR count). The van der Waals surface area contributed by atoms with Crippen molar-refractivity contribution in [2.24, 2.45) is 0 Å². The minimum absolute atomic E-state index is 0.0840. The topological polar surface area (TPSA) is 49.9 Å². The van der Waals surface area contributed by atoms with Crippen LogP contribution in [0.2, 0.25) is 0 Å². The van der Waals surface area contributed by atoms with E-state index < -0.39 is 22.1 Å². The Labute approximate surface area is 203 Å². The highest BCUT2D eigenvalue weighted by atomic mass is 32.2. The van der Waals surface area contributed by atoms with Crippen LogP contribution in [0.15, 0.2) is 83.8 Å². The monoisotopic (exact) mass is 504 g/mol. The summed E-state index contributed by atoms with van der Waals surface area (Å²) in [4.78, 5) is 2.22. The van der Waals surface area contributed by atoms with Crippen LogP contribution >= 0.6 is 0 Å². The van der Waals surface area contributed by atoms with E-state index in [9.17, 15) is 21.6 Å². The van der Waals surface area contributed by atoms with Crippen LogP contribution in [0, 0.1) is 6.92 Å². The molecule has 1 aliphatic rings. The Kier molecular flexibility index (Phi) is 7.37. The van der Waals surface area contributed by atoms with Crippen LogP contribution in [0.5, 0.6) is 5.75 Å². The van der Waals surface area contributed by atoms with Gasteiger partial charge in [0.2, 0.25) is 0 Å². The van der Waals surface area contributed by atoms with E-state index in [2.05, 4.69) is 21.8 Å². The molecular weight excluding hydrogens is 477 g/mol. The van der Waals surface area contributed by atoms with Crippen molar-refractivity contribution in [2.45, 2.75) is 43.6 Å². The maximum atomic E-state index is 13.7. The van der Waals surface area contributed by atoms with Crippen LogP contribution in [-0.4, -0.2) is 38.8 Å². The molecule has 0 unspecified atom stereocenters. The molecular formula is C26H27F3N2O3S. The van der Waals surface area contributed by atoms with E-state index in [0.717, 1.165) is 49.5 Å². The molecule has 0 radical (unpaired) electrons. The molecule has 35 heavy (non-hydrogen) atoms.